The van der Waals surface area contributed by atoms with E-state index >= 15 is 0 Å². The van der Waals surface area contributed by atoms with Crippen LogP contribution in [0.3, 0.4) is 0 Å². The van der Waals surface area contributed by atoms with Crippen LogP contribution in [0.5, 0.6) is 5.75 Å². The monoisotopic (exact) mass is 289 g/mol. The van der Waals surface area contributed by atoms with Crippen LogP contribution in [-0.4, -0.2) is 13.2 Å². The Kier molecular flexibility index (Phi) is 5.45. The number of alkyl halides is 3. The number of para-hydroxylation sites is 1. The first-order chi connectivity index (χ1) is 9.13. The van der Waals surface area contributed by atoms with Gasteiger partial charge in [0.2, 0.25) is 0 Å². The van der Waals surface area contributed by atoms with Crippen molar-refractivity contribution >= 4 is 0 Å². The molecule has 0 aliphatic rings. The van der Waals surface area contributed by atoms with Crippen molar-refractivity contribution in [3.8, 4) is 5.75 Å². The molecule has 20 heavy (non-hydrogen) atoms. The molecule has 0 aliphatic carbocycles. The van der Waals surface area contributed by atoms with Gasteiger partial charge in [-0.15, -0.1) is 0 Å². The van der Waals surface area contributed by atoms with E-state index in [1.54, 1.807) is 0 Å². The zero-order valence-corrected chi connectivity index (χ0v) is 12.1. The first-order valence-corrected chi connectivity index (χ1v) is 6.62. The van der Waals surface area contributed by atoms with Gasteiger partial charge < -0.3 is 10.5 Å². The molecule has 0 aromatic heterocycles. The first kappa shape index (κ1) is 16.8. The molecule has 1 atom stereocenters. The van der Waals surface area contributed by atoms with Gasteiger partial charge in [-0.2, -0.15) is 13.2 Å². The maximum absolute atomic E-state index is 12.8. The standard InChI is InChI=1S/C15H22F3NO/c1-14(2,3)8-11(9-19)10-20-13-7-5-4-6-12(13)15(16,17)18/h4-7,11H,8-10,19H2,1-3H3. The Morgan fingerprint density at radius 1 is 1.15 bits per heavy atom. The summed E-state index contributed by atoms with van der Waals surface area (Å²) in [7, 11) is 0. The van der Waals surface area contributed by atoms with Crippen LogP contribution in [0, 0.1) is 11.3 Å². The lowest BCUT2D eigenvalue weighted by molar-refractivity contribution is -0.139. The van der Waals surface area contributed by atoms with Gasteiger partial charge >= 0.3 is 6.18 Å². The normalized spacial score (nSPS) is 14.2. The van der Waals surface area contributed by atoms with Crippen molar-refractivity contribution in [1.82, 2.24) is 0 Å². The summed E-state index contributed by atoms with van der Waals surface area (Å²) in [6.45, 7) is 6.80. The second kappa shape index (κ2) is 6.48. The number of halogens is 3. The van der Waals surface area contributed by atoms with Crippen LogP contribution in [0.15, 0.2) is 24.3 Å². The Hall–Kier alpha value is -1.23. The average Bonchev–Trinajstić information content (AvgIpc) is 2.32. The third kappa shape index (κ3) is 5.41. The molecule has 0 bridgehead atoms. The first-order valence-electron chi connectivity index (χ1n) is 6.62. The largest absolute Gasteiger partial charge is 0.493 e. The minimum atomic E-state index is -4.40. The van der Waals surface area contributed by atoms with Crippen molar-refractivity contribution in [3.63, 3.8) is 0 Å². The van der Waals surface area contributed by atoms with Crippen LogP contribution in [0.2, 0.25) is 0 Å². The molecule has 2 nitrogen and oxygen atoms in total. The maximum Gasteiger partial charge on any atom is 0.419 e. The van der Waals surface area contributed by atoms with Crippen LogP contribution in [0.4, 0.5) is 13.2 Å². The van der Waals surface area contributed by atoms with Crippen LogP contribution >= 0.6 is 0 Å². The summed E-state index contributed by atoms with van der Waals surface area (Å²) in [6, 6.07) is 5.25. The Morgan fingerprint density at radius 3 is 2.25 bits per heavy atom. The van der Waals surface area contributed by atoms with Crippen molar-refractivity contribution in [2.45, 2.75) is 33.4 Å². The van der Waals surface area contributed by atoms with E-state index < -0.39 is 11.7 Å². The van der Waals surface area contributed by atoms with Gasteiger partial charge in [0, 0.05) is 5.92 Å². The fraction of sp³-hybridized carbons (Fsp3) is 0.600. The fourth-order valence-corrected chi connectivity index (χ4v) is 2.11. The molecule has 5 heteroatoms. The van der Waals surface area contributed by atoms with Crippen molar-refractivity contribution in [2.24, 2.45) is 17.1 Å². The molecule has 0 amide bonds. The number of ether oxygens (including phenoxy) is 1. The molecule has 0 saturated heterocycles. The van der Waals surface area contributed by atoms with Gasteiger partial charge in [-0.3, -0.25) is 0 Å². The number of hydrogen-bond acceptors (Lipinski definition) is 2. The highest BCUT2D eigenvalue weighted by molar-refractivity contribution is 5.35. The quantitative estimate of drug-likeness (QED) is 0.886. The lowest BCUT2D eigenvalue weighted by atomic mass is 9.85. The molecule has 1 aromatic rings. The number of hydrogen-bond donors (Lipinski definition) is 1. The zero-order chi connectivity index (χ0) is 15.4. The molecular formula is C15H22F3NO. The van der Waals surface area contributed by atoms with E-state index in [-0.39, 0.29) is 23.7 Å². The van der Waals surface area contributed by atoms with E-state index in [9.17, 15) is 13.2 Å². The summed E-state index contributed by atoms with van der Waals surface area (Å²) in [4.78, 5) is 0. The third-order valence-corrected chi connectivity index (χ3v) is 2.90. The molecule has 0 fully saturated rings. The topological polar surface area (TPSA) is 35.2 Å². The zero-order valence-electron chi connectivity index (χ0n) is 12.1. The van der Waals surface area contributed by atoms with Crippen molar-refractivity contribution < 1.29 is 17.9 Å². The summed E-state index contributed by atoms with van der Waals surface area (Å²) in [5.74, 6) is -0.0938. The van der Waals surface area contributed by atoms with Crippen molar-refractivity contribution in [1.29, 1.82) is 0 Å². The van der Waals surface area contributed by atoms with E-state index in [1.165, 1.54) is 18.2 Å². The van der Waals surface area contributed by atoms with Gasteiger partial charge in [0.25, 0.3) is 0 Å². The van der Waals surface area contributed by atoms with Gasteiger partial charge in [0.1, 0.15) is 5.75 Å². The highest BCUT2D eigenvalue weighted by atomic mass is 19.4. The second-order valence-electron chi connectivity index (χ2n) is 6.17. The van der Waals surface area contributed by atoms with Gasteiger partial charge in [0.15, 0.2) is 0 Å². The predicted octanol–water partition coefficient (Wildman–Crippen LogP) is 4.10. The number of nitrogens with two attached hydrogens (primary N) is 1. The third-order valence-electron chi connectivity index (χ3n) is 2.90. The molecule has 0 radical (unpaired) electrons. The fourth-order valence-electron chi connectivity index (χ4n) is 2.11. The Balaban J connectivity index is 2.74. The lowest BCUT2D eigenvalue weighted by Crippen LogP contribution is -2.26. The molecule has 1 aromatic carbocycles. The Labute approximate surface area is 118 Å². The average molecular weight is 289 g/mol. The Morgan fingerprint density at radius 2 is 1.75 bits per heavy atom. The van der Waals surface area contributed by atoms with Gasteiger partial charge in [-0.25, -0.2) is 0 Å². The summed E-state index contributed by atoms with van der Waals surface area (Å²) < 4.78 is 43.8. The van der Waals surface area contributed by atoms with E-state index in [0.29, 0.717) is 6.54 Å². The van der Waals surface area contributed by atoms with Crippen LogP contribution < -0.4 is 10.5 Å². The molecule has 114 valence electrons. The molecule has 0 saturated carbocycles. The van der Waals surface area contributed by atoms with Gasteiger partial charge in [0.05, 0.1) is 12.2 Å². The van der Waals surface area contributed by atoms with E-state index in [4.69, 9.17) is 10.5 Å². The summed E-state index contributed by atoms with van der Waals surface area (Å²) in [6.07, 6.45) is -3.60. The van der Waals surface area contributed by atoms with E-state index in [0.717, 1.165) is 12.5 Å². The molecule has 0 spiro atoms. The SMILES string of the molecule is CC(C)(C)CC(CN)COc1ccccc1C(F)(F)F. The number of rotatable bonds is 5. The Bertz CT molecular complexity index is 424. The minimum absolute atomic E-state index is 0.0382. The smallest absolute Gasteiger partial charge is 0.419 e. The number of benzene rings is 1. The van der Waals surface area contributed by atoms with Crippen molar-refractivity contribution in [3.05, 3.63) is 29.8 Å². The van der Waals surface area contributed by atoms with Gasteiger partial charge in [-0.05, 0) is 30.5 Å². The molecule has 0 heterocycles. The summed E-state index contributed by atoms with van der Waals surface area (Å²) in [5.41, 5.74) is 4.99. The van der Waals surface area contributed by atoms with Crippen LogP contribution in [0.1, 0.15) is 32.8 Å². The van der Waals surface area contributed by atoms with E-state index in [1.807, 2.05) is 0 Å². The molecular weight excluding hydrogens is 267 g/mol. The predicted molar refractivity (Wildman–Crippen MR) is 73.6 cm³/mol. The van der Waals surface area contributed by atoms with Crippen molar-refractivity contribution in [2.75, 3.05) is 13.2 Å². The molecule has 1 rings (SSSR count). The van der Waals surface area contributed by atoms with Crippen LogP contribution in [0.25, 0.3) is 0 Å². The minimum Gasteiger partial charge on any atom is -0.493 e. The summed E-state index contributed by atoms with van der Waals surface area (Å²) >= 11 is 0. The lowest BCUT2D eigenvalue weighted by Gasteiger charge is -2.25. The van der Waals surface area contributed by atoms with Gasteiger partial charge in [-0.1, -0.05) is 32.9 Å². The highest BCUT2D eigenvalue weighted by Crippen LogP contribution is 2.36. The molecule has 1 unspecified atom stereocenters. The summed E-state index contributed by atoms with van der Waals surface area (Å²) in [5, 5.41) is 0. The van der Waals surface area contributed by atoms with E-state index in [2.05, 4.69) is 20.8 Å². The maximum atomic E-state index is 12.8. The van der Waals surface area contributed by atoms with Crippen LogP contribution in [-0.2, 0) is 6.18 Å². The highest BCUT2D eigenvalue weighted by Gasteiger charge is 2.34. The molecule has 0 aliphatic heterocycles. The molecule has 2 N–H and O–H groups in total. The second-order valence-corrected chi connectivity index (χ2v) is 6.17.